The predicted octanol–water partition coefficient (Wildman–Crippen LogP) is 11.5. The normalized spacial score (nSPS) is 18.3. The van der Waals surface area contributed by atoms with E-state index in [1.807, 2.05) is 65.2 Å². The van der Waals surface area contributed by atoms with E-state index in [2.05, 4.69) is 24.9 Å². The lowest BCUT2D eigenvalue weighted by molar-refractivity contribution is 0.0172. The maximum atomic E-state index is 16.7. The number of rotatable bonds is 6. The number of benzene rings is 2. The third-order valence-corrected chi connectivity index (χ3v) is 16.1. The molecule has 0 bridgehead atoms. The fraction of sp³-hybridized carbons (Fsp3) is 0.413. The second-order valence-electron chi connectivity index (χ2n) is 24.1. The molecule has 18 nitrogen and oxygen atoms in total. The molecule has 0 unspecified atom stereocenters. The number of aromatic hydroxyl groups is 1. The van der Waals surface area contributed by atoms with Crippen molar-refractivity contribution in [2.45, 2.75) is 144 Å². The second-order valence-corrected chi connectivity index (χ2v) is 24.1. The Labute approximate surface area is 488 Å². The number of carbonyl (C=O) groups excluding carboxylic acids is 1. The average Bonchev–Trinajstić information content (AvgIpc) is 1.75. The molecule has 444 valence electrons. The molecule has 4 aliphatic heterocycles. The number of piperidine rings is 1. The van der Waals surface area contributed by atoms with Gasteiger partial charge in [0.1, 0.15) is 70.0 Å². The minimum atomic E-state index is -0.921. The van der Waals surface area contributed by atoms with Crippen molar-refractivity contribution in [1.82, 2.24) is 43.9 Å². The van der Waals surface area contributed by atoms with E-state index in [0.29, 0.717) is 34.1 Å². The van der Waals surface area contributed by atoms with Crippen molar-refractivity contribution in [3.05, 3.63) is 133 Å². The molecule has 2 fully saturated rings. The van der Waals surface area contributed by atoms with Crippen molar-refractivity contribution in [2.24, 2.45) is 0 Å². The zero-order valence-corrected chi connectivity index (χ0v) is 49.5. The van der Waals surface area contributed by atoms with Crippen LogP contribution < -0.4 is 30.7 Å². The molecule has 4 aliphatic rings. The van der Waals surface area contributed by atoms with Crippen LogP contribution in [0.25, 0.3) is 56.0 Å². The van der Waals surface area contributed by atoms with Gasteiger partial charge in [0.2, 0.25) is 0 Å². The maximum Gasteiger partial charge on any atom is 0.410 e. The molecule has 2 saturated heterocycles. The molecular formula is C63H67F4N11O7. The number of halogens is 4. The van der Waals surface area contributed by atoms with Gasteiger partial charge in [0.15, 0.2) is 34.4 Å². The van der Waals surface area contributed by atoms with Gasteiger partial charge in [0.05, 0.1) is 40.4 Å². The number of hydrogen-bond donors (Lipinski definition) is 1. The number of phenolic OH excluding ortho intramolecular Hbond substituents is 1. The molecule has 0 aliphatic carbocycles. The van der Waals surface area contributed by atoms with Crippen LogP contribution in [0.3, 0.4) is 0 Å². The predicted molar refractivity (Wildman–Crippen MR) is 315 cm³/mol. The number of phenols is 1. The van der Waals surface area contributed by atoms with Crippen molar-refractivity contribution in [2.75, 3.05) is 36.1 Å². The van der Waals surface area contributed by atoms with E-state index in [1.165, 1.54) is 27.3 Å². The minimum absolute atomic E-state index is 0.0301. The van der Waals surface area contributed by atoms with Crippen LogP contribution in [-0.2, 0) is 4.74 Å². The number of piperazine rings is 1. The summed E-state index contributed by atoms with van der Waals surface area (Å²) < 4.78 is 84.2. The Hall–Kier alpha value is -8.69. The van der Waals surface area contributed by atoms with Crippen LogP contribution >= 0.6 is 0 Å². The Kier molecular flexibility index (Phi) is 15.1. The summed E-state index contributed by atoms with van der Waals surface area (Å²) in [4.78, 5) is 74.3. The first-order valence-corrected chi connectivity index (χ1v) is 28.6. The topological polar surface area (TPSA) is 196 Å². The smallest absolute Gasteiger partial charge is 0.410 e. The number of hydrogen-bond acceptors (Lipinski definition) is 15. The molecule has 8 aromatic rings. The molecule has 0 radical (unpaired) electrons. The summed E-state index contributed by atoms with van der Waals surface area (Å²) in [5, 5.41) is 11.0. The number of fused-ring (bicyclic) bond motifs is 4. The fourth-order valence-corrected chi connectivity index (χ4v) is 12.4. The molecule has 4 atom stereocenters. The first-order chi connectivity index (χ1) is 40.4. The van der Waals surface area contributed by atoms with Crippen molar-refractivity contribution >= 4 is 39.8 Å². The Morgan fingerprint density at radius 3 is 1.65 bits per heavy atom. The SMILES string of the molecule is Cc1cccc(F)c1-c1nc2c3c(nc(=O)n2-c2c(C)ccnc2C(C)C)N2[C@@H](COc3c1F)CN(C(=O)OC(C)(C)C)C[C@@H]2C.Cc1ccnc(C(C)C)c1-n1c(=O)nc2c3c(c(F)c(-c4c(O)cccc4F)nc31)OC[C@H]1CCC[C@H](C)N21. The van der Waals surface area contributed by atoms with Gasteiger partial charge in [-0.15, -0.1) is 0 Å². The van der Waals surface area contributed by atoms with Crippen molar-refractivity contribution < 1.29 is 41.7 Å². The standard InChI is InChI=1S/C34H38F2N6O4.C29H29F2N5O3/c1-17(2)26-28(19(4)12-13-37-26)42-30-24-29(25(36)27(38-30)23-18(3)10-9-11-22(23)35)45-16-21-15-40(33(44)46-34(6,7)8)14-20(5)41(21)31(24)39-32(42)43;1-14(2)23-25(15(3)11-12-32-23)36-27-21-26(22(31)24(33-27)20-18(30)9-6-10-19(20)37)39-13-17-8-5-7-16(4)35(17)28(21)34-29(36)38/h9-13,17,20-21H,14-16H2,1-8H3;6,9-12,14,16-17,37H,5,7-8,13H2,1-4H3/t20-,21+;16-,17+/m00/s1. The summed E-state index contributed by atoms with van der Waals surface area (Å²) >= 11 is 0. The summed E-state index contributed by atoms with van der Waals surface area (Å²) in [7, 11) is 0. The molecule has 22 heteroatoms. The van der Waals surface area contributed by atoms with Gasteiger partial charge in [-0.3, -0.25) is 9.97 Å². The van der Waals surface area contributed by atoms with Crippen LogP contribution in [-0.4, -0.2) is 111 Å². The summed E-state index contributed by atoms with van der Waals surface area (Å²) in [6, 6.07) is 10.8. The second kappa shape index (κ2) is 22.1. The van der Waals surface area contributed by atoms with Gasteiger partial charge in [-0.1, -0.05) is 45.9 Å². The molecule has 12 rings (SSSR count). The number of ether oxygens (including phenoxy) is 3. The van der Waals surface area contributed by atoms with Gasteiger partial charge in [-0.2, -0.15) is 9.97 Å². The summed E-state index contributed by atoms with van der Waals surface area (Å²) in [5.41, 5.74) is 1.20. The van der Waals surface area contributed by atoms with Crippen LogP contribution in [0.1, 0.15) is 121 Å². The summed E-state index contributed by atoms with van der Waals surface area (Å²) in [6.07, 6.45) is 5.50. The van der Waals surface area contributed by atoms with Crippen LogP contribution in [0.4, 0.5) is 34.0 Å². The largest absolute Gasteiger partial charge is 0.507 e. The Morgan fingerprint density at radius 1 is 0.647 bits per heavy atom. The molecule has 1 N–H and O–H groups in total. The molecule has 0 saturated carbocycles. The van der Waals surface area contributed by atoms with Crippen molar-refractivity contribution in [3.63, 3.8) is 0 Å². The molecule has 0 spiro atoms. The van der Waals surface area contributed by atoms with Gasteiger partial charge in [0, 0.05) is 43.1 Å². The molecule has 85 heavy (non-hydrogen) atoms. The van der Waals surface area contributed by atoms with Crippen LogP contribution in [0.2, 0.25) is 0 Å². The zero-order valence-electron chi connectivity index (χ0n) is 49.5. The number of carbonyl (C=O) groups is 1. The first kappa shape index (κ1) is 58.1. The van der Waals surface area contributed by atoms with Gasteiger partial charge in [-0.25, -0.2) is 51.0 Å². The van der Waals surface area contributed by atoms with Gasteiger partial charge >= 0.3 is 17.5 Å². The highest BCUT2D eigenvalue weighted by Gasteiger charge is 2.43. The molecule has 10 heterocycles. The van der Waals surface area contributed by atoms with Gasteiger partial charge < -0.3 is 34.0 Å². The molecule has 1 amide bonds. The summed E-state index contributed by atoms with van der Waals surface area (Å²) in [6.45, 7) is 23.1. The van der Waals surface area contributed by atoms with Gasteiger partial charge in [0.25, 0.3) is 0 Å². The third-order valence-electron chi connectivity index (χ3n) is 16.1. The minimum Gasteiger partial charge on any atom is -0.507 e. The van der Waals surface area contributed by atoms with E-state index in [0.717, 1.165) is 36.5 Å². The lowest BCUT2D eigenvalue weighted by Gasteiger charge is -2.45. The maximum absolute atomic E-state index is 16.7. The number of nitrogens with zero attached hydrogens (tertiary/aromatic N) is 11. The number of anilines is 2. The molecule has 2 aromatic carbocycles. The molecule has 6 aromatic heterocycles. The van der Waals surface area contributed by atoms with Crippen molar-refractivity contribution in [3.8, 4) is 51.1 Å². The van der Waals surface area contributed by atoms with E-state index in [-0.39, 0.29) is 107 Å². The lowest BCUT2D eigenvalue weighted by atomic mass is 9.96. The Morgan fingerprint density at radius 2 is 1.14 bits per heavy atom. The highest BCUT2D eigenvalue weighted by molar-refractivity contribution is 5.98. The highest BCUT2D eigenvalue weighted by Crippen LogP contribution is 2.47. The van der Waals surface area contributed by atoms with Crippen LogP contribution in [0.15, 0.2) is 70.5 Å². The summed E-state index contributed by atoms with van der Waals surface area (Å²) in [5.74, 6) is -3.76. The molecular weight excluding hydrogens is 1100 g/mol. The Bertz CT molecular complexity index is 4110. The highest BCUT2D eigenvalue weighted by atomic mass is 19.1. The number of aromatic nitrogens is 8. The van der Waals surface area contributed by atoms with Crippen molar-refractivity contribution in [1.29, 1.82) is 0 Å². The first-order valence-electron chi connectivity index (χ1n) is 28.6. The monoisotopic (exact) mass is 1170 g/mol. The zero-order chi connectivity index (χ0) is 60.8. The number of aryl methyl sites for hydroxylation is 3. The quantitative estimate of drug-likeness (QED) is 0.154. The van der Waals surface area contributed by atoms with E-state index >= 15 is 17.6 Å². The van der Waals surface area contributed by atoms with E-state index in [4.69, 9.17) is 19.2 Å². The van der Waals surface area contributed by atoms with E-state index in [1.54, 1.807) is 69.3 Å². The third kappa shape index (κ3) is 10.1. The lowest BCUT2D eigenvalue weighted by Crippen LogP contribution is -2.61. The van der Waals surface area contributed by atoms with E-state index < -0.39 is 69.4 Å². The van der Waals surface area contributed by atoms with Crippen LogP contribution in [0.5, 0.6) is 17.2 Å². The van der Waals surface area contributed by atoms with E-state index in [9.17, 15) is 19.5 Å². The number of amides is 1. The average molecular weight is 1170 g/mol. The van der Waals surface area contributed by atoms with Gasteiger partial charge in [-0.05, 0) is 134 Å². The Balaban J connectivity index is 0.000000179. The number of pyridine rings is 4. The van der Waals surface area contributed by atoms with Crippen LogP contribution in [0, 0.1) is 44.0 Å². The fourth-order valence-electron chi connectivity index (χ4n) is 12.4.